The molecule has 0 aliphatic carbocycles. The lowest BCUT2D eigenvalue weighted by molar-refractivity contribution is -0.130. The zero-order chi connectivity index (χ0) is 12.2. The lowest BCUT2D eigenvalue weighted by atomic mass is 10.2. The smallest absolute Gasteiger partial charge is 0.246 e. The third-order valence-corrected chi connectivity index (χ3v) is 1.88. The molecule has 0 spiro atoms. The van der Waals surface area contributed by atoms with Gasteiger partial charge in [0.1, 0.15) is 6.61 Å². The summed E-state index contributed by atoms with van der Waals surface area (Å²) < 4.78 is 7.05. The van der Waals surface area contributed by atoms with E-state index >= 15 is 0 Å². The molecule has 0 fully saturated rings. The standard InChI is InChI=1S/C11H19N3O2/c1-11(2,3)16-8-10(15)12-5-9-6-13-14(4)7-9/h6-7H,5,8H2,1-4H3,(H,12,15). The summed E-state index contributed by atoms with van der Waals surface area (Å²) in [5.41, 5.74) is 0.692. The van der Waals surface area contributed by atoms with Crippen molar-refractivity contribution in [3.8, 4) is 0 Å². The summed E-state index contributed by atoms with van der Waals surface area (Å²) in [5.74, 6) is -0.112. The number of rotatable bonds is 4. The third-order valence-electron chi connectivity index (χ3n) is 1.88. The molecular formula is C11H19N3O2. The SMILES string of the molecule is Cn1cc(CNC(=O)COC(C)(C)C)cn1. The van der Waals surface area contributed by atoms with E-state index in [0.717, 1.165) is 5.56 Å². The fraction of sp³-hybridized carbons (Fsp3) is 0.636. The molecule has 1 aromatic rings. The first kappa shape index (κ1) is 12.7. The highest BCUT2D eigenvalue weighted by atomic mass is 16.5. The van der Waals surface area contributed by atoms with Crippen molar-refractivity contribution >= 4 is 5.91 Å². The summed E-state index contributed by atoms with van der Waals surface area (Å²) >= 11 is 0. The fourth-order valence-electron chi connectivity index (χ4n) is 1.10. The first-order chi connectivity index (χ1) is 7.37. The van der Waals surface area contributed by atoms with Crippen LogP contribution >= 0.6 is 0 Å². The van der Waals surface area contributed by atoms with Gasteiger partial charge in [0, 0.05) is 25.4 Å². The maximum absolute atomic E-state index is 11.4. The molecule has 0 aromatic carbocycles. The molecule has 0 aliphatic rings. The summed E-state index contributed by atoms with van der Waals surface area (Å²) in [6, 6.07) is 0. The van der Waals surface area contributed by atoms with Crippen LogP contribution in [0.15, 0.2) is 12.4 Å². The molecule has 1 aromatic heterocycles. The molecule has 0 aliphatic heterocycles. The van der Waals surface area contributed by atoms with Gasteiger partial charge in [-0.15, -0.1) is 0 Å². The van der Waals surface area contributed by atoms with E-state index in [4.69, 9.17) is 4.74 Å². The molecule has 1 rings (SSSR count). The Kier molecular flexibility index (Phi) is 4.06. The molecule has 0 radical (unpaired) electrons. The molecule has 1 amide bonds. The van der Waals surface area contributed by atoms with Crippen LogP contribution in [-0.4, -0.2) is 27.9 Å². The van der Waals surface area contributed by atoms with Crippen LogP contribution in [0.2, 0.25) is 0 Å². The Morgan fingerprint density at radius 1 is 1.56 bits per heavy atom. The fourth-order valence-corrected chi connectivity index (χ4v) is 1.10. The van der Waals surface area contributed by atoms with Crippen molar-refractivity contribution < 1.29 is 9.53 Å². The predicted octanol–water partition coefficient (Wildman–Crippen LogP) is 0.851. The van der Waals surface area contributed by atoms with E-state index in [0.29, 0.717) is 6.54 Å². The molecule has 0 unspecified atom stereocenters. The molecule has 0 atom stereocenters. The molecule has 0 saturated carbocycles. The predicted molar refractivity (Wildman–Crippen MR) is 60.8 cm³/mol. The normalized spacial score (nSPS) is 11.5. The first-order valence-corrected chi connectivity index (χ1v) is 5.25. The van der Waals surface area contributed by atoms with E-state index < -0.39 is 0 Å². The number of aryl methyl sites for hydroxylation is 1. The van der Waals surface area contributed by atoms with Crippen LogP contribution in [0.5, 0.6) is 0 Å². The van der Waals surface area contributed by atoms with E-state index in [1.54, 1.807) is 10.9 Å². The zero-order valence-electron chi connectivity index (χ0n) is 10.3. The molecule has 5 nitrogen and oxygen atoms in total. The van der Waals surface area contributed by atoms with Crippen molar-refractivity contribution in [3.05, 3.63) is 18.0 Å². The summed E-state index contributed by atoms with van der Waals surface area (Å²) in [5, 5.41) is 6.78. The van der Waals surface area contributed by atoms with Gasteiger partial charge in [-0.1, -0.05) is 0 Å². The third kappa shape index (κ3) is 4.93. The summed E-state index contributed by atoms with van der Waals surface area (Å²) in [4.78, 5) is 11.4. The number of hydrogen-bond donors (Lipinski definition) is 1. The number of nitrogens with one attached hydrogen (secondary N) is 1. The van der Waals surface area contributed by atoms with E-state index in [2.05, 4.69) is 10.4 Å². The number of carbonyl (C=O) groups excluding carboxylic acids is 1. The topological polar surface area (TPSA) is 56.2 Å². The number of aromatic nitrogens is 2. The Balaban J connectivity index is 2.25. The van der Waals surface area contributed by atoms with Gasteiger partial charge in [-0.25, -0.2) is 0 Å². The zero-order valence-corrected chi connectivity index (χ0v) is 10.3. The van der Waals surface area contributed by atoms with E-state index in [1.807, 2.05) is 34.0 Å². The highest BCUT2D eigenvalue weighted by molar-refractivity contribution is 5.77. The van der Waals surface area contributed by atoms with Crippen LogP contribution in [0.1, 0.15) is 26.3 Å². The van der Waals surface area contributed by atoms with Crippen LogP contribution in [0.4, 0.5) is 0 Å². The maximum Gasteiger partial charge on any atom is 0.246 e. The molecule has 0 bridgehead atoms. The van der Waals surface area contributed by atoms with Gasteiger partial charge in [0.2, 0.25) is 5.91 Å². The monoisotopic (exact) mass is 225 g/mol. The van der Waals surface area contributed by atoms with Crippen LogP contribution < -0.4 is 5.32 Å². The quantitative estimate of drug-likeness (QED) is 0.826. The second kappa shape index (κ2) is 5.12. The minimum absolute atomic E-state index is 0.0871. The van der Waals surface area contributed by atoms with Crippen molar-refractivity contribution in [1.82, 2.24) is 15.1 Å². The minimum atomic E-state index is -0.286. The van der Waals surface area contributed by atoms with Gasteiger partial charge in [-0.2, -0.15) is 5.10 Å². The first-order valence-electron chi connectivity index (χ1n) is 5.25. The van der Waals surface area contributed by atoms with Gasteiger partial charge in [-0.3, -0.25) is 9.48 Å². The Bertz CT molecular complexity index is 352. The molecule has 0 saturated heterocycles. The molecule has 1 N–H and O–H groups in total. The lowest BCUT2D eigenvalue weighted by Crippen LogP contribution is -2.31. The molecule has 16 heavy (non-hydrogen) atoms. The summed E-state index contributed by atoms with van der Waals surface area (Å²) in [6.07, 6.45) is 3.59. The Labute approximate surface area is 95.8 Å². The highest BCUT2D eigenvalue weighted by Crippen LogP contribution is 2.05. The van der Waals surface area contributed by atoms with Crippen LogP contribution in [0.3, 0.4) is 0 Å². The number of carbonyl (C=O) groups is 1. The van der Waals surface area contributed by atoms with Crippen molar-refractivity contribution in [2.75, 3.05) is 6.61 Å². The van der Waals surface area contributed by atoms with Gasteiger partial charge in [-0.05, 0) is 20.8 Å². The number of ether oxygens (including phenoxy) is 1. The number of nitrogens with zero attached hydrogens (tertiary/aromatic N) is 2. The Morgan fingerprint density at radius 2 is 2.25 bits per heavy atom. The molecule has 90 valence electrons. The van der Waals surface area contributed by atoms with Crippen LogP contribution in [0.25, 0.3) is 0 Å². The van der Waals surface area contributed by atoms with Gasteiger partial charge in [0.15, 0.2) is 0 Å². The largest absolute Gasteiger partial charge is 0.366 e. The van der Waals surface area contributed by atoms with E-state index in [9.17, 15) is 4.79 Å². The van der Waals surface area contributed by atoms with Crippen molar-refractivity contribution in [3.63, 3.8) is 0 Å². The second-order valence-corrected chi connectivity index (χ2v) is 4.70. The Morgan fingerprint density at radius 3 is 2.75 bits per heavy atom. The minimum Gasteiger partial charge on any atom is -0.366 e. The molecule has 5 heteroatoms. The van der Waals surface area contributed by atoms with Gasteiger partial charge in [0.05, 0.1) is 11.8 Å². The van der Waals surface area contributed by atoms with E-state index in [-0.39, 0.29) is 18.1 Å². The summed E-state index contributed by atoms with van der Waals surface area (Å²) in [6.45, 7) is 6.33. The lowest BCUT2D eigenvalue weighted by Gasteiger charge is -2.18. The Hall–Kier alpha value is -1.36. The van der Waals surface area contributed by atoms with Gasteiger partial charge >= 0.3 is 0 Å². The molecular weight excluding hydrogens is 206 g/mol. The number of amides is 1. The number of hydrogen-bond acceptors (Lipinski definition) is 3. The average Bonchev–Trinajstić information content (AvgIpc) is 2.57. The van der Waals surface area contributed by atoms with Crippen molar-refractivity contribution in [1.29, 1.82) is 0 Å². The highest BCUT2D eigenvalue weighted by Gasteiger charge is 2.12. The van der Waals surface area contributed by atoms with Crippen LogP contribution in [-0.2, 0) is 23.1 Å². The molecule has 1 heterocycles. The average molecular weight is 225 g/mol. The van der Waals surface area contributed by atoms with Gasteiger partial charge < -0.3 is 10.1 Å². The summed E-state index contributed by atoms with van der Waals surface area (Å²) in [7, 11) is 1.84. The van der Waals surface area contributed by atoms with Crippen molar-refractivity contribution in [2.24, 2.45) is 7.05 Å². The van der Waals surface area contributed by atoms with Crippen molar-refractivity contribution in [2.45, 2.75) is 32.9 Å². The maximum atomic E-state index is 11.4. The van der Waals surface area contributed by atoms with E-state index in [1.165, 1.54) is 0 Å². The van der Waals surface area contributed by atoms with Gasteiger partial charge in [0.25, 0.3) is 0 Å². The van der Waals surface area contributed by atoms with Crippen LogP contribution in [0, 0.1) is 0 Å². The second-order valence-electron chi connectivity index (χ2n) is 4.70.